The molecule has 0 spiro atoms. The maximum Gasteiger partial charge on any atom is 0.251 e. The molecule has 3 aromatic rings. The Morgan fingerprint density at radius 1 is 1.04 bits per heavy atom. The van der Waals surface area contributed by atoms with E-state index in [0.717, 1.165) is 9.75 Å². The Morgan fingerprint density at radius 3 is 2.58 bits per heavy atom. The van der Waals surface area contributed by atoms with Crippen molar-refractivity contribution in [2.24, 2.45) is 0 Å². The molecule has 3 rings (SSSR count). The number of thiophene rings is 2. The van der Waals surface area contributed by atoms with Gasteiger partial charge in [-0.1, -0.05) is 23.7 Å². The number of benzene rings is 1. The quantitative estimate of drug-likeness (QED) is 0.602. The summed E-state index contributed by atoms with van der Waals surface area (Å²) in [5, 5.41) is 4.65. The molecule has 0 fully saturated rings. The fourth-order valence-electron chi connectivity index (χ4n) is 2.18. The number of sulfonamides is 1. The van der Waals surface area contributed by atoms with Crippen LogP contribution in [-0.4, -0.2) is 14.3 Å². The lowest BCUT2D eigenvalue weighted by Crippen LogP contribution is -2.25. The van der Waals surface area contributed by atoms with Crippen molar-refractivity contribution in [1.82, 2.24) is 10.0 Å². The predicted molar refractivity (Wildman–Crippen MR) is 105 cm³/mol. The number of nitrogens with one attached hydrogen (secondary N) is 2. The van der Waals surface area contributed by atoms with Gasteiger partial charge in [0.25, 0.3) is 5.91 Å². The van der Waals surface area contributed by atoms with Crippen molar-refractivity contribution in [2.45, 2.75) is 18.0 Å². The summed E-state index contributed by atoms with van der Waals surface area (Å²) in [4.78, 5) is 14.2. The molecule has 0 aliphatic carbocycles. The summed E-state index contributed by atoms with van der Waals surface area (Å²) >= 11 is 8.72. The normalized spacial score (nSPS) is 11.4. The lowest BCUT2D eigenvalue weighted by Gasteiger charge is -2.08. The highest BCUT2D eigenvalue weighted by molar-refractivity contribution is 7.89. The first-order chi connectivity index (χ1) is 12.4. The summed E-state index contributed by atoms with van der Waals surface area (Å²) in [5.74, 6) is -0.343. The predicted octanol–water partition coefficient (Wildman–Crippen LogP) is 3.87. The molecular formula is C17H15ClN2O3S3. The van der Waals surface area contributed by atoms with E-state index in [1.807, 2.05) is 23.6 Å². The molecule has 1 aromatic carbocycles. The van der Waals surface area contributed by atoms with Crippen molar-refractivity contribution in [3.05, 3.63) is 73.6 Å². The molecule has 26 heavy (non-hydrogen) atoms. The summed E-state index contributed by atoms with van der Waals surface area (Å²) in [6.07, 6.45) is 0. The molecule has 2 heterocycles. The second kappa shape index (κ2) is 8.32. The van der Waals surface area contributed by atoms with E-state index < -0.39 is 10.0 Å². The molecule has 0 unspecified atom stereocenters. The van der Waals surface area contributed by atoms with E-state index in [1.165, 1.54) is 34.8 Å². The molecule has 0 aliphatic rings. The lowest BCUT2D eigenvalue weighted by atomic mass is 10.2. The fourth-order valence-corrected chi connectivity index (χ4v) is 5.00. The van der Waals surface area contributed by atoms with E-state index in [9.17, 15) is 13.2 Å². The number of hydrogen-bond acceptors (Lipinski definition) is 5. The summed E-state index contributed by atoms with van der Waals surface area (Å²) < 4.78 is 28.1. The second-order valence-corrected chi connectivity index (χ2v) is 9.92. The molecule has 9 heteroatoms. The second-order valence-electron chi connectivity index (χ2n) is 5.32. The van der Waals surface area contributed by atoms with Gasteiger partial charge in [0.2, 0.25) is 10.0 Å². The summed E-state index contributed by atoms with van der Waals surface area (Å²) in [5.41, 5.74) is 0.284. The van der Waals surface area contributed by atoms with E-state index in [4.69, 9.17) is 11.6 Å². The molecule has 136 valence electrons. The zero-order chi connectivity index (χ0) is 18.6. The molecule has 2 N–H and O–H groups in total. The van der Waals surface area contributed by atoms with Crippen molar-refractivity contribution in [1.29, 1.82) is 0 Å². The Kier molecular flexibility index (Phi) is 6.10. The maximum absolute atomic E-state index is 12.4. The van der Waals surface area contributed by atoms with Crippen LogP contribution in [0, 0.1) is 0 Å². The summed E-state index contributed by atoms with van der Waals surface area (Å²) in [7, 11) is -3.69. The number of carbonyl (C=O) groups excluding carboxylic acids is 1. The number of amides is 1. The van der Waals surface area contributed by atoms with Gasteiger partial charge < -0.3 is 5.32 Å². The molecule has 0 bridgehead atoms. The van der Waals surface area contributed by atoms with Crippen LogP contribution in [0.3, 0.4) is 0 Å². The van der Waals surface area contributed by atoms with E-state index in [0.29, 0.717) is 10.9 Å². The van der Waals surface area contributed by atoms with Crippen LogP contribution in [-0.2, 0) is 23.1 Å². The number of hydrogen-bond donors (Lipinski definition) is 2. The van der Waals surface area contributed by atoms with Gasteiger partial charge >= 0.3 is 0 Å². The van der Waals surface area contributed by atoms with Gasteiger partial charge in [0.05, 0.1) is 15.8 Å². The Morgan fingerprint density at radius 2 is 1.88 bits per heavy atom. The van der Waals surface area contributed by atoms with Gasteiger partial charge in [-0.15, -0.1) is 22.7 Å². The minimum atomic E-state index is -3.69. The molecule has 0 saturated carbocycles. The smallest absolute Gasteiger partial charge is 0.251 e. The fraction of sp³-hybridized carbons (Fsp3) is 0.118. The molecule has 0 aliphatic heterocycles. The lowest BCUT2D eigenvalue weighted by molar-refractivity contribution is 0.0951. The Balaban J connectivity index is 1.67. The SMILES string of the molecule is O=C(NCc1ccc(Cl)s1)c1cccc(S(=O)(=O)NCc2cccs2)c1. The highest BCUT2D eigenvalue weighted by atomic mass is 35.5. The average Bonchev–Trinajstić information content (AvgIpc) is 3.29. The van der Waals surface area contributed by atoms with Gasteiger partial charge in [-0.2, -0.15) is 0 Å². The van der Waals surface area contributed by atoms with Crippen LogP contribution in [0.15, 0.2) is 58.8 Å². The Labute approximate surface area is 164 Å². The van der Waals surface area contributed by atoms with Gasteiger partial charge in [0, 0.05) is 21.9 Å². The standard InChI is InChI=1S/C17H15ClN2O3S3/c18-16-7-6-14(25-16)10-19-17(21)12-3-1-5-15(9-12)26(22,23)20-11-13-4-2-8-24-13/h1-9,20H,10-11H2,(H,19,21). The van der Waals surface area contributed by atoms with Crippen LogP contribution in [0.2, 0.25) is 4.34 Å². The third-order valence-electron chi connectivity index (χ3n) is 3.48. The van der Waals surface area contributed by atoms with E-state index in [2.05, 4.69) is 10.0 Å². The van der Waals surface area contributed by atoms with E-state index in [1.54, 1.807) is 18.2 Å². The van der Waals surface area contributed by atoms with Crippen molar-refractivity contribution in [2.75, 3.05) is 0 Å². The van der Waals surface area contributed by atoms with Gasteiger partial charge in [0.1, 0.15) is 0 Å². The monoisotopic (exact) mass is 426 g/mol. The van der Waals surface area contributed by atoms with Crippen molar-refractivity contribution < 1.29 is 13.2 Å². The van der Waals surface area contributed by atoms with Gasteiger partial charge in [-0.25, -0.2) is 13.1 Å². The first-order valence-corrected chi connectivity index (χ1v) is 11.1. The largest absolute Gasteiger partial charge is 0.347 e. The van der Waals surface area contributed by atoms with E-state index in [-0.39, 0.29) is 22.9 Å². The summed E-state index contributed by atoms with van der Waals surface area (Å²) in [6, 6.07) is 13.3. The van der Waals surface area contributed by atoms with Crippen LogP contribution in [0.4, 0.5) is 0 Å². The van der Waals surface area contributed by atoms with Crippen LogP contribution >= 0.6 is 34.3 Å². The van der Waals surface area contributed by atoms with Crippen molar-refractivity contribution in [3.63, 3.8) is 0 Å². The zero-order valence-corrected chi connectivity index (χ0v) is 16.6. The van der Waals surface area contributed by atoms with Crippen molar-refractivity contribution in [3.8, 4) is 0 Å². The first kappa shape index (κ1) is 19.1. The summed E-state index contributed by atoms with van der Waals surface area (Å²) in [6.45, 7) is 0.555. The molecule has 0 atom stereocenters. The third-order valence-corrected chi connectivity index (χ3v) is 6.98. The van der Waals surface area contributed by atoms with Crippen LogP contribution in [0.5, 0.6) is 0 Å². The van der Waals surface area contributed by atoms with Crippen molar-refractivity contribution >= 4 is 50.2 Å². The minimum Gasteiger partial charge on any atom is -0.347 e. The van der Waals surface area contributed by atoms with Gasteiger partial charge in [-0.05, 0) is 41.8 Å². The van der Waals surface area contributed by atoms with Crippen LogP contribution in [0.1, 0.15) is 20.1 Å². The van der Waals surface area contributed by atoms with E-state index >= 15 is 0 Å². The zero-order valence-electron chi connectivity index (χ0n) is 13.4. The molecule has 1 amide bonds. The number of rotatable bonds is 7. The number of carbonyl (C=O) groups is 1. The molecule has 2 aromatic heterocycles. The maximum atomic E-state index is 12.4. The Hall–Kier alpha value is -1.71. The van der Waals surface area contributed by atoms with Crippen LogP contribution < -0.4 is 10.0 Å². The molecule has 5 nitrogen and oxygen atoms in total. The first-order valence-electron chi connectivity index (χ1n) is 7.58. The third kappa shape index (κ3) is 4.93. The molecule has 0 saturated heterocycles. The van der Waals surface area contributed by atoms with Gasteiger partial charge in [0.15, 0.2) is 0 Å². The van der Waals surface area contributed by atoms with Gasteiger partial charge in [-0.3, -0.25) is 4.79 Å². The highest BCUT2D eigenvalue weighted by Gasteiger charge is 2.16. The average molecular weight is 427 g/mol. The van der Waals surface area contributed by atoms with Crippen LogP contribution in [0.25, 0.3) is 0 Å². The molecule has 0 radical (unpaired) electrons. The topological polar surface area (TPSA) is 75.3 Å². The molecular weight excluding hydrogens is 412 g/mol. The number of halogens is 1. The minimum absolute atomic E-state index is 0.0564. The highest BCUT2D eigenvalue weighted by Crippen LogP contribution is 2.21. The Bertz CT molecular complexity index is 998.